The molecule has 16 heavy (non-hydrogen) atoms. The Kier molecular flexibility index (Phi) is 5.40. The lowest BCUT2D eigenvalue weighted by molar-refractivity contribution is 0.226. The van der Waals surface area contributed by atoms with Crippen molar-refractivity contribution in [3.05, 3.63) is 12.7 Å². The quantitative estimate of drug-likeness (QED) is 0.633. The predicted molar refractivity (Wildman–Crippen MR) is 65.9 cm³/mol. The number of sulfonamides is 1. The van der Waals surface area contributed by atoms with Crippen LogP contribution < -0.4 is 5.32 Å². The second-order valence-corrected chi connectivity index (χ2v) is 5.98. The second-order valence-electron chi connectivity index (χ2n) is 4.00. The minimum Gasteiger partial charge on any atom is -0.314 e. The average molecular weight is 247 g/mol. The summed E-state index contributed by atoms with van der Waals surface area (Å²) < 4.78 is 24.3. The van der Waals surface area contributed by atoms with Crippen molar-refractivity contribution in [2.75, 3.05) is 52.1 Å². The molecule has 0 aliphatic carbocycles. The van der Waals surface area contributed by atoms with Crippen LogP contribution in [0.4, 0.5) is 0 Å². The summed E-state index contributed by atoms with van der Waals surface area (Å²) in [5, 5.41) is 3.27. The van der Waals surface area contributed by atoms with Gasteiger partial charge in [-0.05, 0) is 0 Å². The highest BCUT2D eigenvalue weighted by molar-refractivity contribution is 7.88. The molecule has 0 amide bonds. The molecule has 0 radical (unpaired) electrons. The van der Waals surface area contributed by atoms with Crippen molar-refractivity contribution >= 4 is 10.0 Å². The molecule has 5 nitrogen and oxygen atoms in total. The molecule has 1 saturated heterocycles. The van der Waals surface area contributed by atoms with Gasteiger partial charge in [-0.1, -0.05) is 6.08 Å². The van der Waals surface area contributed by atoms with Gasteiger partial charge in [-0.25, -0.2) is 8.42 Å². The number of hydrogen-bond acceptors (Lipinski definition) is 4. The van der Waals surface area contributed by atoms with Gasteiger partial charge in [0, 0.05) is 45.8 Å². The van der Waals surface area contributed by atoms with Crippen molar-refractivity contribution in [1.82, 2.24) is 14.5 Å². The Bertz CT molecular complexity index is 310. The standard InChI is InChI=1S/C10H21N3O2S/c1-3-6-13(16(2,14)15)10-9-12-7-4-11-5-8-12/h3,11H,1,4-10H2,2H3. The minimum atomic E-state index is -3.11. The van der Waals surface area contributed by atoms with Gasteiger partial charge in [0.05, 0.1) is 6.26 Å². The van der Waals surface area contributed by atoms with Crippen LogP contribution in [0.2, 0.25) is 0 Å². The van der Waals surface area contributed by atoms with Crippen molar-refractivity contribution < 1.29 is 8.42 Å². The molecule has 1 N–H and O–H groups in total. The summed E-state index contributed by atoms with van der Waals surface area (Å²) in [6, 6.07) is 0. The first-order chi connectivity index (χ1) is 7.54. The Labute approximate surface area is 98.2 Å². The van der Waals surface area contributed by atoms with Crippen LogP contribution in [0.5, 0.6) is 0 Å². The molecule has 1 fully saturated rings. The van der Waals surface area contributed by atoms with Crippen LogP contribution >= 0.6 is 0 Å². The number of rotatable bonds is 6. The molecule has 0 spiro atoms. The van der Waals surface area contributed by atoms with Crippen molar-refractivity contribution in [1.29, 1.82) is 0 Å². The summed E-state index contributed by atoms with van der Waals surface area (Å²) in [7, 11) is -3.11. The molecule has 1 heterocycles. The van der Waals surface area contributed by atoms with Crippen LogP contribution in [0.3, 0.4) is 0 Å². The topological polar surface area (TPSA) is 52.6 Å². The minimum absolute atomic E-state index is 0.394. The van der Waals surface area contributed by atoms with Crippen LogP contribution in [0.1, 0.15) is 0 Å². The van der Waals surface area contributed by atoms with Crippen molar-refractivity contribution in [2.24, 2.45) is 0 Å². The first-order valence-corrected chi connectivity index (χ1v) is 7.38. The van der Waals surface area contributed by atoms with Gasteiger partial charge in [-0.15, -0.1) is 6.58 Å². The van der Waals surface area contributed by atoms with E-state index in [0.29, 0.717) is 13.1 Å². The Morgan fingerprint density at radius 1 is 1.44 bits per heavy atom. The lowest BCUT2D eigenvalue weighted by atomic mass is 10.3. The third-order valence-corrected chi connectivity index (χ3v) is 3.95. The molecular formula is C10H21N3O2S. The van der Waals surface area contributed by atoms with Crippen molar-refractivity contribution in [3.63, 3.8) is 0 Å². The van der Waals surface area contributed by atoms with E-state index in [4.69, 9.17) is 0 Å². The van der Waals surface area contributed by atoms with Gasteiger partial charge in [0.25, 0.3) is 0 Å². The number of hydrogen-bond donors (Lipinski definition) is 1. The molecular weight excluding hydrogens is 226 g/mol. The molecule has 0 unspecified atom stereocenters. The van der Waals surface area contributed by atoms with Gasteiger partial charge in [-0.2, -0.15) is 4.31 Å². The summed E-state index contributed by atoms with van der Waals surface area (Å²) >= 11 is 0. The van der Waals surface area contributed by atoms with Gasteiger partial charge in [-0.3, -0.25) is 4.90 Å². The predicted octanol–water partition coefficient (Wildman–Crippen LogP) is -0.661. The Morgan fingerprint density at radius 3 is 2.56 bits per heavy atom. The lowest BCUT2D eigenvalue weighted by Crippen LogP contribution is -2.47. The molecule has 0 bridgehead atoms. The summed E-state index contributed by atoms with van der Waals surface area (Å²) in [5.41, 5.74) is 0. The fraction of sp³-hybridized carbons (Fsp3) is 0.800. The smallest absolute Gasteiger partial charge is 0.211 e. The van der Waals surface area contributed by atoms with Crippen LogP contribution in [0.15, 0.2) is 12.7 Å². The average Bonchev–Trinajstić information content (AvgIpc) is 2.24. The first-order valence-electron chi connectivity index (χ1n) is 5.53. The molecule has 0 saturated carbocycles. The molecule has 0 aromatic carbocycles. The van der Waals surface area contributed by atoms with E-state index in [1.54, 1.807) is 6.08 Å². The SMILES string of the molecule is C=CCN(CCN1CCNCC1)S(C)(=O)=O. The molecule has 94 valence electrons. The Hall–Kier alpha value is -0.430. The van der Waals surface area contributed by atoms with E-state index in [-0.39, 0.29) is 0 Å². The summed E-state index contributed by atoms with van der Waals surface area (Å²) in [4.78, 5) is 2.28. The zero-order valence-corrected chi connectivity index (χ0v) is 10.7. The fourth-order valence-corrected chi connectivity index (χ4v) is 2.51. The van der Waals surface area contributed by atoms with E-state index in [1.807, 2.05) is 0 Å². The zero-order valence-electron chi connectivity index (χ0n) is 9.85. The lowest BCUT2D eigenvalue weighted by Gasteiger charge is -2.29. The second kappa shape index (κ2) is 6.34. The highest BCUT2D eigenvalue weighted by Crippen LogP contribution is 2.00. The molecule has 0 aromatic heterocycles. The van der Waals surface area contributed by atoms with E-state index in [1.165, 1.54) is 10.6 Å². The Morgan fingerprint density at radius 2 is 2.06 bits per heavy atom. The van der Waals surface area contributed by atoms with E-state index in [9.17, 15) is 8.42 Å². The van der Waals surface area contributed by atoms with Crippen LogP contribution in [0, 0.1) is 0 Å². The van der Waals surface area contributed by atoms with Crippen LogP contribution in [-0.2, 0) is 10.0 Å². The molecule has 6 heteroatoms. The van der Waals surface area contributed by atoms with E-state index in [2.05, 4.69) is 16.8 Å². The van der Waals surface area contributed by atoms with Gasteiger partial charge >= 0.3 is 0 Å². The van der Waals surface area contributed by atoms with Gasteiger partial charge in [0.15, 0.2) is 0 Å². The zero-order chi connectivity index (χ0) is 12.0. The summed E-state index contributed by atoms with van der Waals surface area (Å²) in [6.45, 7) is 9.27. The van der Waals surface area contributed by atoms with E-state index >= 15 is 0 Å². The summed E-state index contributed by atoms with van der Waals surface area (Å²) in [6.07, 6.45) is 2.87. The maximum Gasteiger partial charge on any atom is 0.211 e. The molecule has 1 rings (SSSR count). The maximum absolute atomic E-state index is 11.4. The molecule has 1 aliphatic rings. The number of nitrogens with zero attached hydrogens (tertiary/aromatic N) is 2. The number of piperazine rings is 1. The van der Waals surface area contributed by atoms with Crippen molar-refractivity contribution in [3.8, 4) is 0 Å². The van der Waals surface area contributed by atoms with Gasteiger partial charge in [0.2, 0.25) is 10.0 Å². The molecule has 0 atom stereocenters. The van der Waals surface area contributed by atoms with Crippen molar-refractivity contribution in [2.45, 2.75) is 0 Å². The first kappa shape index (κ1) is 13.6. The fourth-order valence-electron chi connectivity index (χ4n) is 1.72. The summed E-state index contributed by atoms with van der Waals surface area (Å²) in [5.74, 6) is 0. The largest absolute Gasteiger partial charge is 0.314 e. The molecule has 0 aromatic rings. The molecule has 1 aliphatic heterocycles. The maximum atomic E-state index is 11.4. The highest BCUT2D eigenvalue weighted by Gasteiger charge is 2.17. The van der Waals surface area contributed by atoms with Gasteiger partial charge in [0.1, 0.15) is 0 Å². The van der Waals surface area contributed by atoms with Gasteiger partial charge < -0.3 is 5.32 Å². The monoisotopic (exact) mass is 247 g/mol. The number of nitrogens with one attached hydrogen (secondary N) is 1. The normalized spacial score (nSPS) is 18.9. The van der Waals surface area contributed by atoms with E-state index in [0.717, 1.165) is 32.7 Å². The van der Waals surface area contributed by atoms with Crippen LogP contribution in [0.25, 0.3) is 0 Å². The third-order valence-electron chi connectivity index (χ3n) is 2.68. The van der Waals surface area contributed by atoms with Crippen LogP contribution in [-0.4, -0.2) is 69.7 Å². The third kappa shape index (κ3) is 4.61. The Balaban J connectivity index is 2.40. The highest BCUT2D eigenvalue weighted by atomic mass is 32.2. The van der Waals surface area contributed by atoms with E-state index < -0.39 is 10.0 Å².